The van der Waals surface area contributed by atoms with Crippen LogP contribution in [-0.4, -0.2) is 11.6 Å². The minimum absolute atomic E-state index is 0.106. The molecule has 21 heavy (non-hydrogen) atoms. The number of amides is 1. The number of carbonyl (C=O) groups excluding carboxylic acids is 1. The van der Waals surface area contributed by atoms with Crippen LogP contribution < -0.4 is 5.43 Å². The number of hydrazone groups is 1. The molecule has 2 rings (SSSR count). The highest BCUT2D eigenvalue weighted by atomic mass is 35.5. The van der Waals surface area contributed by atoms with Crippen molar-refractivity contribution in [2.75, 3.05) is 0 Å². The summed E-state index contributed by atoms with van der Waals surface area (Å²) >= 11 is 6.08. The van der Waals surface area contributed by atoms with E-state index in [9.17, 15) is 4.79 Å². The largest absolute Gasteiger partial charge is 0.273 e. The predicted octanol–water partition coefficient (Wildman–Crippen LogP) is 3.81. The summed E-state index contributed by atoms with van der Waals surface area (Å²) in [7, 11) is 0. The Labute approximate surface area is 129 Å². The number of nitrogens with zero attached hydrogens (tertiary/aromatic N) is 1. The number of carbonyl (C=O) groups is 1. The van der Waals surface area contributed by atoms with Crippen molar-refractivity contribution in [1.82, 2.24) is 5.43 Å². The van der Waals surface area contributed by atoms with Crippen LogP contribution in [0, 0.1) is 0 Å². The molecule has 0 aliphatic carbocycles. The molecule has 3 nitrogen and oxygen atoms in total. The molecule has 0 aliphatic heterocycles. The van der Waals surface area contributed by atoms with E-state index in [0.717, 1.165) is 11.1 Å². The van der Waals surface area contributed by atoms with Gasteiger partial charge in [-0.25, -0.2) is 5.43 Å². The Kier molecular flexibility index (Phi) is 5.52. The lowest BCUT2D eigenvalue weighted by atomic mass is 10.1. The van der Waals surface area contributed by atoms with Crippen LogP contribution in [0.2, 0.25) is 5.02 Å². The number of hydrogen-bond donors (Lipinski definition) is 1. The van der Waals surface area contributed by atoms with E-state index in [-0.39, 0.29) is 5.91 Å². The molecule has 0 atom stereocenters. The summed E-state index contributed by atoms with van der Waals surface area (Å²) in [6.45, 7) is 1.82. The Balaban J connectivity index is 1.88. The number of hydrogen-bond acceptors (Lipinski definition) is 2. The molecular weight excluding hydrogens is 284 g/mol. The molecule has 0 aliphatic rings. The van der Waals surface area contributed by atoms with Crippen molar-refractivity contribution in [3.8, 4) is 0 Å². The van der Waals surface area contributed by atoms with Crippen molar-refractivity contribution in [3.63, 3.8) is 0 Å². The third-order valence-electron chi connectivity index (χ3n) is 3.10. The zero-order chi connectivity index (χ0) is 15.1. The van der Waals surface area contributed by atoms with Crippen molar-refractivity contribution in [2.45, 2.75) is 19.8 Å². The van der Waals surface area contributed by atoms with Gasteiger partial charge in [-0.1, -0.05) is 60.1 Å². The van der Waals surface area contributed by atoms with Gasteiger partial charge in [0, 0.05) is 17.0 Å². The number of benzene rings is 2. The molecule has 1 N–H and O–H groups in total. The van der Waals surface area contributed by atoms with Gasteiger partial charge in [-0.05, 0) is 25.0 Å². The van der Waals surface area contributed by atoms with Gasteiger partial charge >= 0.3 is 0 Å². The Morgan fingerprint density at radius 3 is 2.48 bits per heavy atom. The summed E-state index contributed by atoms with van der Waals surface area (Å²) in [5, 5.41) is 4.72. The average Bonchev–Trinajstić information content (AvgIpc) is 2.52. The summed E-state index contributed by atoms with van der Waals surface area (Å²) in [4.78, 5) is 11.8. The minimum Gasteiger partial charge on any atom is -0.273 e. The quantitative estimate of drug-likeness (QED) is 0.662. The standard InChI is InChI=1S/C17H17ClN2O/c1-13(15-9-5-6-10-16(15)18)19-20-17(21)12-11-14-7-3-2-4-8-14/h2-10H,11-12H2,1H3,(H,20,21). The first-order valence-electron chi connectivity index (χ1n) is 6.79. The van der Waals surface area contributed by atoms with Crippen LogP contribution in [0.1, 0.15) is 24.5 Å². The van der Waals surface area contributed by atoms with Crippen molar-refractivity contribution in [1.29, 1.82) is 0 Å². The van der Waals surface area contributed by atoms with Gasteiger partial charge in [-0.15, -0.1) is 0 Å². The molecule has 0 aromatic heterocycles. The third-order valence-corrected chi connectivity index (χ3v) is 3.43. The SMILES string of the molecule is CC(=NNC(=O)CCc1ccccc1)c1ccccc1Cl. The Morgan fingerprint density at radius 1 is 1.10 bits per heavy atom. The zero-order valence-electron chi connectivity index (χ0n) is 11.8. The second-order valence-corrected chi connectivity index (χ2v) is 5.10. The highest BCUT2D eigenvalue weighted by Crippen LogP contribution is 2.15. The molecule has 0 saturated heterocycles. The fourth-order valence-electron chi connectivity index (χ4n) is 1.92. The number of halogens is 1. The van der Waals surface area contributed by atoms with Gasteiger partial charge in [-0.3, -0.25) is 4.79 Å². The van der Waals surface area contributed by atoms with Gasteiger partial charge in [0.1, 0.15) is 0 Å². The molecule has 0 saturated carbocycles. The molecule has 0 fully saturated rings. The number of aryl methyl sites for hydroxylation is 1. The monoisotopic (exact) mass is 300 g/mol. The van der Waals surface area contributed by atoms with Gasteiger partial charge in [0.2, 0.25) is 5.91 Å². The molecule has 1 amide bonds. The lowest BCUT2D eigenvalue weighted by Gasteiger charge is -2.05. The summed E-state index contributed by atoms with van der Waals surface area (Å²) in [6.07, 6.45) is 1.11. The first-order valence-corrected chi connectivity index (χ1v) is 7.16. The maximum absolute atomic E-state index is 11.8. The highest BCUT2D eigenvalue weighted by Gasteiger charge is 2.04. The molecule has 0 spiro atoms. The maximum atomic E-state index is 11.8. The lowest BCUT2D eigenvalue weighted by Crippen LogP contribution is -2.19. The molecular formula is C17H17ClN2O. The molecule has 2 aromatic rings. The van der Waals surface area contributed by atoms with Gasteiger partial charge in [0.05, 0.1) is 5.71 Å². The first kappa shape index (κ1) is 15.3. The predicted molar refractivity (Wildman–Crippen MR) is 86.6 cm³/mol. The Morgan fingerprint density at radius 2 is 1.76 bits per heavy atom. The summed E-state index contributed by atoms with van der Waals surface area (Å²) in [5.41, 5.74) is 5.22. The van der Waals surface area contributed by atoms with Crippen LogP contribution in [0.3, 0.4) is 0 Å². The topological polar surface area (TPSA) is 41.5 Å². The van der Waals surface area contributed by atoms with Gasteiger partial charge < -0.3 is 0 Å². The van der Waals surface area contributed by atoms with Gasteiger partial charge in [0.15, 0.2) is 0 Å². The first-order chi connectivity index (χ1) is 10.2. The third kappa shape index (κ3) is 4.72. The molecule has 2 aromatic carbocycles. The number of rotatable bonds is 5. The Hall–Kier alpha value is -2.13. The van der Waals surface area contributed by atoms with E-state index in [0.29, 0.717) is 23.6 Å². The molecule has 4 heteroatoms. The molecule has 0 bridgehead atoms. The van der Waals surface area contributed by atoms with E-state index >= 15 is 0 Å². The van der Waals surface area contributed by atoms with Gasteiger partial charge in [-0.2, -0.15) is 5.10 Å². The van der Waals surface area contributed by atoms with E-state index in [2.05, 4.69) is 10.5 Å². The van der Waals surface area contributed by atoms with E-state index in [1.54, 1.807) is 6.07 Å². The fourth-order valence-corrected chi connectivity index (χ4v) is 2.19. The Bertz CT molecular complexity index is 638. The molecule has 0 radical (unpaired) electrons. The van der Waals surface area contributed by atoms with Gasteiger partial charge in [0.25, 0.3) is 0 Å². The molecule has 108 valence electrons. The smallest absolute Gasteiger partial charge is 0.240 e. The van der Waals surface area contributed by atoms with Crippen LogP contribution in [-0.2, 0) is 11.2 Å². The summed E-state index contributed by atoms with van der Waals surface area (Å²) in [6, 6.07) is 17.3. The van der Waals surface area contributed by atoms with Crippen LogP contribution in [0.4, 0.5) is 0 Å². The number of nitrogens with one attached hydrogen (secondary N) is 1. The van der Waals surface area contributed by atoms with Crippen molar-refractivity contribution in [2.24, 2.45) is 5.10 Å². The van der Waals surface area contributed by atoms with Crippen LogP contribution in [0.5, 0.6) is 0 Å². The fraction of sp³-hybridized carbons (Fsp3) is 0.176. The van der Waals surface area contributed by atoms with Crippen molar-refractivity contribution in [3.05, 3.63) is 70.7 Å². The second-order valence-electron chi connectivity index (χ2n) is 4.70. The second kappa shape index (κ2) is 7.60. The van der Waals surface area contributed by atoms with Crippen LogP contribution >= 0.6 is 11.6 Å². The minimum atomic E-state index is -0.106. The normalized spacial score (nSPS) is 11.2. The molecule has 0 unspecified atom stereocenters. The highest BCUT2D eigenvalue weighted by molar-refractivity contribution is 6.34. The van der Waals surface area contributed by atoms with Crippen molar-refractivity contribution < 1.29 is 4.79 Å². The van der Waals surface area contributed by atoms with E-state index in [1.165, 1.54) is 0 Å². The van der Waals surface area contributed by atoms with E-state index in [1.807, 2.05) is 55.5 Å². The summed E-state index contributed by atoms with van der Waals surface area (Å²) in [5.74, 6) is -0.106. The maximum Gasteiger partial charge on any atom is 0.240 e. The van der Waals surface area contributed by atoms with E-state index < -0.39 is 0 Å². The van der Waals surface area contributed by atoms with Crippen LogP contribution in [0.25, 0.3) is 0 Å². The van der Waals surface area contributed by atoms with Crippen LogP contribution in [0.15, 0.2) is 59.7 Å². The van der Waals surface area contributed by atoms with Crippen molar-refractivity contribution >= 4 is 23.2 Å². The zero-order valence-corrected chi connectivity index (χ0v) is 12.6. The average molecular weight is 301 g/mol. The molecule has 0 heterocycles. The van der Waals surface area contributed by atoms with E-state index in [4.69, 9.17) is 11.6 Å². The summed E-state index contributed by atoms with van der Waals surface area (Å²) < 4.78 is 0. The lowest BCUT2D eigenvalue weighted by molar-refractivity contribution is -0.121.